The van der Waals surface area contributed by atoms with Gasteiger partial charge in [-0.1, -0.05) is 29.2 Å². The lowest BCUT2D eigenvalue weighted by Gasteiger charge is -2.17. The number of halogens is 1. The van der Waals surface area contributed by atoms with Crippen molar-refractivity contribution in [2.24, 2.45) is 0 Å². The van der Waals surface area contributed by atoms with Crippen LogP contribution < -0.4 is 0 Å². The summed E-state index contributed by atoms with van der Waals surface area (Å²) in [5, 5.41) is 0. The molecule has 7 heavy (non-hydrogen) atoms. The average Bonchev–Trinajstić information content (AvgIpc) is 1.65. The molecular weight excluding hydrogens is 231 g/mol. The third-order valence-corrected chi connectivity index (χ3v) is 5.77. The highest BCUT2D eigenvalue weighted by atomic mass is 127. The van der Waals surface area contributed by atoms with E-state index < -0.39 is 0 Å². The molecule has 1 unspecified atom stereocenters. The summed E-state index contributed by atoms with van der Waals surface area (Å²) in [6, 6.07) is 0. The van der Waals surface area contributed by atoms with Gasteiger partial charge in [-0.25, -0.2) is 0 Å². The van der Waals surface area contributed by atoms with Gasteiger partial charge in [-0.15, -0.1) is 0 Å². The SMILES string of the molecule is C=C[N]([AlH2])[CH]([AlH2])I. The summed E-state index contributed by atoms with van der Waals surface area (Å²) in [6.07, 6.45) is 1.91. The second kappa shape index (κ2) is 4.24. The molecule has 0 bridgehead atoms. The van der Waals surface area contributed by atoms with E-state index in [4.69, 9.17) is 0 Å². The third kappa shape index (κ3) is 3.88. The summed E-state index contributed by atoms with van der Waals surface area (Å²) < 4.78 is 2.99. The Bertz CT molecular complexity index is 66.0. The van der Waals surface area contributed by atoms with Gasteiger partial charge >= 0.3 is 16.5 Å². The zero-order chi connectivity index (χ0) is 5.86. The Kier molecular flexibility index (Phi) is 5.05. The topological polar surface area (TPSA) is 3.24 Å². The van der Waals surface area contributed by atoms with Crippen molar-refractivity contribution in [2.75, 3.05) is 0 Å². The molecule has 0 rings (SSSR count). The molecule has 0 aliphatic carbocycles. The lowest BCUT2D eigenvalue weighted by atomic mass is 11.0. The van der Waals surface area contributed by atoms with Gasteiger partial charge in [0.1, 0.15) is 0 Å². The van der Waals surface area contributed by atoms with E-state index in [1.165, 1.54) is 16.3 Å². The van der Waals surface area contributed by atoms with Crippen molar-refractivity contribution in [2.45, 2.75) is 2.91 Å². The maximum Gasteiger partial charge on any atom is 0.362 e. The van der Waals surface area contributed by atoms with Gasteiger partial charge in [-0.05, 0) is 9.11 Å². The Morgan fingerprint density at radius 3 is 2.29 bits per heavy atom. The van der Waals surface area contributed by atoms with E-state index in [9.17, 15) is 0 Å². The van der Waals surface area contributed by atoms with Crippen molar-refractivity contribution in [3.05, 3.63) is 12.8 Å². The first kappa shape index (κ1) is 8.33. The minimum Gasteiger partial charge on any atom is -0.477 e. The fourth-order valence-electron chi connectivity index (χ4n) is 0.145. The summed E-state index contributed by atoms with van der Waals surface area (Å²) in [7, 11) is 0. The molecule has 0 aromatic heterocycles. The lowest BCUT2D eigenvalue weighted by Crippen LogP contribution is -2.21. The molecular formula is C3H8Al2IN. The van der Waals surface area contributed by atoms with Gasteiger partial charge in [0.2, 0.25) is 0 Å². The van der Waals surface area contributed by atoms with Crippen LogP contribution in [0.15, 0.2) is 12.8 Å². The maximum atomic E-state index is 3.66. The van der Waals surface area contributed by atoms with Crippen LogP contribution in [0.1, 0.15) is 0 Å². The molecule has 0 fully saturated rings. The standard InChI is InChI=1S/C3H4IN.2Al.4H/c1-2-5-3-4;;;;;;/h2-3H,1H2;;;;;;/q-1;;+1;;;;. The Labute approximate surface area is 74.3 Å². The van der Waals surface area contributed by atoms with Crippen LogP contribution in [0.4, 0.5) is 0 Å². The molecule has 0 spiro atoms. The Morgan fingerprint density at radius 1 is 1.86 bits per heavy atom. The first-order chi connectivity index (χ1) is 3.18. The van der Waals surface area contributed by atoms with Crippen LogP contribution in [0.3, 0.4) is 0 Å². The molecule has 1 nitrogen and oxygen atoms in total. The van der Waals surface area contributed by atoms with E-state index in [2.05, 4.69) is 33.1 Å². The van der Waals surface area contributed by atoms with Crippen molar-refractivity contribution in [3.63, 3.8) is 0 Å². The van der Waals surface area contributed by atoms with Crippen molar-refractivity contribution in [1.29, 1.82) is 0 Å². The van der Waals surface area contributed by atoms with Crippen LogP contribution in [0.25, 0.3) is 0 Å². The van der Waals surface area contributed by atoms with Crippen molar-refractivity contribution >= 4 is 55.4 Å². The minimum atomic E-state index is 0.752. The van der Waals surface area contributed by atoms with Crippen molar-refractivity contribution in [3.8, 4) is 0 Å². The maximum absolute atomic E-state index is 3.66. The summed E-state index contributed by atoms with van der Waals surface area (Å²) in [5.41, 5.74) is 0. The zero-order valence-corrected chi connectivity index (χ0v) is 10.8. The lowest BCUT2D eigenvalue weighted by molar-refractivity contribution is 0.696. The molecule has 1 atom stereocenters. The van der Waals surface area contributed by atoms with Gasteiger partial charge in [-0.2, -0.15) is 0 Å². The monoisotopic (exact) mass is 239 g/mol. The number of hydrogen-bond donors (Lipinski definition) is 0. The smallest absolute Gasteiger partial charge is 0.362 e. The van der Waals surface area contributed by atoms with Crippen LogP contribution in [-0.4, -0.2) is 39.6 Å². The van der Waals surface area contributed by atoms with E-state index in [0.717, 1.165) is 19.4 Å². The highest BCUT2D eigenvalue weighted by Gasteiger charge is 1.93. The van der Waals surface area contributed by atoms with Gasteiger partial charge in [-0.3, -0.25) is 0 Å². The highest BCUT2D eigenvalue weighted by molar-refractivity contribution is 14.1. The molecule has 0 aromatic carbocycles. The largest absolute Gasteiger partial charge is 0.477 e. The summed E-state index contributed by atoms with van der Waals surface area (Å²) in [6.45, 7) is 3.66. The Morgan fingerprint density at radius 2 is 2.29 bits per heavy atom. The van der Waals surface area contributed by atoms with E-state index in [0.29, 0.717) is 0 Å². The molecule has 0 aliphatic rings. The van der Waals surface area contributed by atoms with Gasteiger partial charge in [0, 0.05) is 0 Å². The zero-order valence-electron chi connectivity index (χ0n) is 4.69. The fourth-order valence-corrected chi connectivity index (χ4v) is 0.583. The van der Waals surface area contributed by atoms with Crippen LogP contribution in [0.5, 0.6) is 0 Å². The summed E-state index contributed by atoms with van der Waals surface area (Å²) >= 11 is 4.77. The normalized spacial score (nSPS) is 12.7. The van der Waals surface area contributed by atoms with Crippen LogP contribution in [-0.2, 0) is 0 Å². The quantitative estimate of drug-likeness (QED) is 0.267. The predicted molar refractivity (Wildman–Crippen MR) is 46.9 cm³/mol. The van der Waals surface area contributed by atoms with E-state index in [1.807, 2.05) is 6.20 Å². The molecule has 0 aliphatic heterocycles. The third-order valence-electron chi connectivity index (χ3n) is 0.849. The minimum absolute atomic E-state index is 0.752. The molecule has 0 radical (unpaired) electrons. The van der Waals surface area contributed by atoms with E-state index in [-0.39, 0.29) is 0 Å². The number of nitrogens with zero attached hydrogens (tertiary/aromatic N) is 1. The number of hydrogen-bond acceptors (Lipinski definition) is 1. The molecule has 0 aromatic rings. The molecule has 0 saturated carbocycles. The Hall–Kier alpha value is 1.33. The summed E-state index contributed by atoms with van der Waals surface area (Å²) in [4.78, 5) is 0. The van der Waals surface area contributed by atoms with E-state index in [1.54, 1.807) is 0 Å². The van der Waals surface area contributed by atoms with Crippen LogP contribution in [0, 0.1) is 0 Å². The molecule has 0 N–H and O–H groups in total. The first-order valence-electron chi connectivity index (χ1n) is 2.17. The molecule has 0 saturated heterocycles. The van der Waals surface area contributed by atoms with Gasteiger partial charge < -0.3 is 3.88 Å². The fraction of sp³-hybridized carbons (Fsp3) is 0.333. The number of alkyl halides is 1. The van der Waals surface area contributed by atoms with Crippen LogP contribution in [0.2, 0.25) is 0 Å². The second-order valence-corrected chi connectivity index (χ2v) is 7.70. The van der Waals surface area contributed by atoms with Gasteiger partial charge in [0.05, 0.1) is 0 Å². The van der Waals surface area contributed by atoms with Gasteiger partial charge in [0.25, 0.3) is 16.3 Å². The van der Waals surface area contributed by atoms with Crippen molar-refractivity contribution < 1.29 is 0 Å². The highest BCUT2D eigenvalue weighted by Crippen LogP contribution is 1.97. The first-order valence-corrected chi connectivity index (χ1v) is 5.46. The Balaban J connectivity index is 3.33. The molecule has 38 valence electrons. The summed E-state index contributed by atoms with van der Waals surface area (Å²) in [5.74, 6) is 0. The second-order valence-electron chi connectivity index (χ2n) is 1.42. The number of rotatable bonds is 2. The van der Waals surface area contributed by atoms with Gasteiger partial charge in [0.15, 0.2) is 0 Å². The molecule has 4 heteroatoms. The average molecular weight is 239 g/mol. The molecule has 0 amide bonds. The van der Waals surface area contributed by atoms with Crippen LogP contribution >= 0.6 is 22.6 Å². The molecule has 0 heterocycles. The van der Waals surface area contributed by atoms with E-state index >= 15 is 0 Å². The van der Waals surface area contributed by atoms with Crippen molar-refractivity contribution in [1.82, 2.24) is 3.88 Å². The predicted octanol–water partition coefficient (Wildman–Crippen LogP) is -0.668.